The van der Waals surface area contributed by atoms with Crippen LogP contribution in [0.1, 0.15) is 17.4 Å². The lowest BCUT2D eigenvalue weighted by atomic mass is 10.0. The van der Waals surface area contributed by atoms with E-state index in [4.69, 9.17) is 0 Å². The highest BCUT2D eigenvalue weighted by atomic mass is 19.1. The fourth-order valence-electron chi connectivity index (χ4n) is 3.50. The van der Waals surface area contributed by atoms with Crippen molar-refractivity contribution in [3.8, 4) is 11.1 Å². The van der Waals surface area contributed by atoms with Crippen molar-refractivity contribution in [2.24, 2.45) is 0 Å². The summed E-state index contributed by atoms with van der Waals surface area (Å²) >= 11 is 0. The van der Waals surface area contributed by atoms with Crippen molar-refractivity contribution < 1.29 is 13.2 Å². The summed E-state index contributed by atoms with van der Waals surface area (Å²) in [6.45, 7) is 0. The first-order valence-electron chi connectivity index (χ1n) is 9.01. The first-order valence-corrected chi connectivity index (χ1v) is 9.01. The molecule has 0 fully saturated rings. The van der Waals surface area contributed by atoms with E-state index in [1.165, 1.54) is 28.8 Å². The predicted octanol–water partition coefficient (Wildman–Crippen LogP) is 5.89. The van der Waals surface area contributed by atoms with E-state index in [1.807, 2.05) is 6.07 Å². The number of rotatable bonds is 3. The molecule has 0 saturated carbocycles. The summed E-state index contributed by atoms with van der Waals surface area (Å²) in [6.07, 6.45) is 3.06. The summed E-state index contributed by atoms with van der Waals surface area (Å²) < 4.78 is 45.0. The first kappa shape index (κ1) is 17.4. The molecule has 0 bridgehead atoms. The lowest BCUT2D eigenvalue weighted by Crippen LogP contribution is -2.01. The van der Waals surface area contributed by atoms with Crippen LogP contribution in [0.25, 0.3) is 27.7 Å². The molecular formula is C23H14F3N3. The van der Waals surface area contributed by atoms with E-state index in [0.29, 0.717) is 16.7 Å². The van der Waals surface area contributed by atoms with Crippen molar-refractivity contribution in [1.82, 2.24) is 14.4 Å². The molecule has 0 spiro atoms. The predicted molar refractivity (Wildman–Crippen MR) is 105 cm³/mol. The average molecular weight is 389 g/mol. The van der Waals surface area contributed by atoms with Gasteiger partial charge in [0.15, 0.2) is 17.6 Å². The van der Waals surface area contributed by atoms with Crippen LogP contribution in [-0.4, -0.2) is 14.4 Å². The topological polar surface area (TPSA) is 30.2 Å². The van der Waals surface area contributed by atoms with E-state index in [2.05, 4.69) is 9.97 Å². The Labute approximate surface area is 164 Å². The second-order valence-electron chi connectivity index (χ2n) is 6.78. The molecule has 0 radical (unpaired) electrons. The third-order valence-corrected chi connectivity index (χ3v) is 4.93. The number of halogens is 3. The van der Waals surface area contributed by atoms with E-state index in [9.17, 15) is 8.78 Å². The molecular weight excluding hydrogens is 375 g/mol. The van der Waals surface area contributed by atoms with Gasteiger partial charge in [-0.3, -0.25) is 9.38 Å². The van der Waals surface area contributed by atoms with Gasteiger partial charge in [0.2, 0.25) is 0 Å². The molecule has 0 saturated heterocycles. The molecule has 142 valence electrons. The van der Waals surface area contributed by atoms with E-state index in [1.54, 1.807) is 48.8 Å². The number of hydrogen-bond donors (Lipinski definition) is 0. The average Bonchev–Trinajstić information content (AvgIpc) is 3.17. The standard InChI is InChI=1S/C23H14F3N3/c24-18-5-1-3-14(10-18)17-11-19(25)23-28-12-21(29(23)13-17)22(26)16-6-7-20-15(9-16)4-2-8-27-20/h1-13,22H. The fraction of sp³-hybridized carbons (Fsp3) is 0.0435. The molecule has 3 heterocycles. The van der Waals surface area contributed by atoms with Gasteiger partial charge in [-0.1, -0.05) is 24.3 Å². The zero-order valence-electron chi connectivity index (χ0n) is 15.1. The lowest BCUT2D eigenvalue weighted by Gasteiger charge is -2.11. The Morgan fingerprint density at radius 3 is 2.62 bits per heavy atom. The fourth-order valence-corrected chi connectivity index (χ4v) is 3.50. The number of alkyl halides is 1. The second kappa shape index (κ2) is 6.74. The summed E-state index contributed by atoms with van der Waals surface area (Å²) in [4.78, 5) is 8.28. The molecule has 3 aromatic heterocycles. The van der Waals surface area contributed by atoms with Crippen molar-refractivity contribution in [3.63, 3.8) is 0 Å². The lowest BCUT2D eigenvalue weighted by molar-refractivity contribution is 0.391. The van der Waals surface area contributed by atoms with Crippen molar-refractivity contribution in [2.45, 2.75) is 6.17 Å². The summed E-state index contributed by atoms with van der Waals surface area (Å²) in [7, 11) is 0. The van der Waals surface area contributed by atoms with Gasteiger partial charge in [-0.25, -0.2) is 18.2 Å². The summed E-state index contributed by atoms with van der Waals surface area (Å²) in [5.74, 6) is -1.03. The number of pyridine rings is 2. The normalized spacial score (nSPS) is 12.5. The van der Waals surface area contributed by atoms with Gasteiger partial charge in [0.1, 0.15) is 5.82 Å². The van der Waals surface area contributed by atoms with Crippen LogP contribution in [-0.2, 0) is 0 Å². The third-order valence-electron chi connectivity index (χ3n) is 4.93. The molecule has 0 aliphatic heterocycles. The Morgan fingerprint density at radius 1 is 0.862 bits per heavy atom. The van der Waals surface area contributed by atoms with Gasteiger partial charge in [-0.2, -0.15) is 0 Å². The Kier molecular flexibility index (Phi) is 4.05. The van der Waals surface area contributed by atoms with Gasteiger partial charge in [0, 0.05) is 23.3 Å². The number of imidazole rings is 1. The molecule has 0 aliphatic rings. The van der Waals surface area contributed by atoms with E-state index in [0.717, 1.165) is 10.9 Å². The summed E-state index contributed by atoms with van der Waals surface area (Å²) in [5.41, 5.74) is 2.33. The van der Waals surface area contributed by atoms with Crippen LogP contribution in [0.3, 0.4) is 0 Å². The number of benzene rings is 2. The Hall–Kier alpha value is -3.67. The van der Waals surface area contributed by atoms with E-state index < -0.39 is 17.8 Å². The van der Waals surface area contributed by atoms with E-state index in [-0.39, 0.29) is 11.3 Å². The maximum absolute atomic E-state index is 15.4. The molecule has 5 aromatic rings. The molecule has 1 unspecified atom stereocenters. The van der Waals surface area contributed by atoms with Gasteiger partial charge < -0.3 is 0 Å². The van der Waals surface area contributed by atoms with Crippen LogP contribution in [0, 0.1) is 11.6 Å². The van der Waals surface area contributed by atoms with Crippen LogP contribution < -0.4 is 0 Å². The van der Waals surface area contributed by atoms with Crippen molar-refractivity contribution in [1.29, 1.82) is 0 Å². The zero-order valence-corrected chi connectivity index (χ0v) is 15.1. The highest BCUT2D eigenvalue weighted by molar-refractivity contribution is 5.79. The number of fused-ring (bicyclic) bond motifs is 2. The van der Waals surface area contributed by atoms with Crippen LogP contribution in [0.15, 0.2) is 79.3 Å². The SMILES string of the molecule is Fc1cccc(-c2cc(F)c3ncc(C(F)c4ccc5ncccc5c4)n3c2)c1. The van der Waals surface area contributed by atoms with Crippen LogP contribution >= 0.6 is 0 Å². The van der Waals surface area contributed by atoms with Gasteiger partial charge in [0.25, 0.3) is 0 Å². The third kappa shape index (κ3) is 3.02. The largest absolute Gasteiger partial charge is 0.298 e. The van der Waals surface area contributed by atoms with Crippen molar-refractivity contribution in [3.05, 3.63) is 102 Å². The molecule has 0 N–H and O–H groups in total. The highest BCUT2D eigenvalue weighted by Gasteiger charge is 2.20. The van der Waals surface area contributed by atoms with Crippen LogP contribution in [0.4, 0.5) is 13.2 Å². The Balaban J connectivity index is 1.64. The monoisotopic (exact) mass is 389 g/mol. The number of aromatic nitrogens is 3. The molecule has 29 heavy (non-hydrogen) atoms. The quantitative estimate of drug-likeness (QED) is 0.385. The smallest absolute Gasteiger partial charge is 0.173 e. The minimum Gasteiger partial charge on any atom is -0.298 e. The summed E-state index contributed by atoms with van der Waals surface area (Å²) in [5, 5.41) is 0.813. The molecule has 5 rings (SSSR count). The molecule has 0 aliphatic carbocycles. The van der Waals surface area contributed by atoms with Gasteiger partial charge in [-0.05, 0) is 47.5 Å². The van der Waals surface area contributed by atoms with Crippen molar-refractivity contribution in [2.75, 3.05) is 0 Å². The Morgan fingerprint density at radius 2 is 1.76 bits per heavy atom. The van der Waals surface area contributed by atoms with E-state index >= 15 is 4.39 Å². The molecule has 6 heteroatoms. The minimum atomic E-state index is -1.52. The minimum absolute atomic E-state index is 0.0188. The second-order valence-corrected chi connectivity index (χ2v) is 6.78. The first-order chi connectivity index (χ1) is 14.1. The van der Waals surface area contributed by atoms with Crippen molar-refractivity contribution >= 4 is 16.6 Å². The van der Waals surface area contributed by atoms with Gasteiger partial charge in [0.05, 0.1) is 17.4 Å². The number of hydrogen-bond acceptors (Lipinski definition) is 2. The molecule has 3 nitrogen and oxygen atoms in total. The summed E-state index contributed by atoms with van der Waals surface area (Å²) in [6, 6.07) is 15.9. The van der Waals surface area contributed by atoms with Crippen LogP contribution in [0.2, 0.25) is 0 Å². The maximum atomic E-state index is 15.4. The van der Waals surface area contributed by atoms with Crippen LogP contribution in [0.5, 0.6) is 0 Å². The molecule has 1 atom stereocenters. The van der Waals surface area contributed by atoms with Gasteiger partial charge >= 0.3 is 0 Å². The van der Waals surface area contributed by atoms with Gasteiger partial charge in [-0.15, -0.1) is 0 Å². The highest BCUT2D eigenvalue weighted by Crippen LogP contribution is 2.31. The zero-order chi connectivity index (χ0) is 20.0. The number of nitrogens with zero attached hydrogens (tertiary/aromatic N) is 3. The Bertz CT molecular complexity index is 1360. The molecule has 0 amide bonds. The molecule has 2 aromatic carbocycles. The maximum Gasteiger partial charge on any atom is 0.173 e.